The Morgan fingerprint density at radius 3 is 2.84 bits per heavy atom. The standard InChI is InChI=1S/C16H25NO2/c1-10(2)6-15(18)17-13-8-16(4,5)9-14-12(13)7-11(3)19-14/h7,10,13H,6,8-9H2,1-5H3,(H,17,18)/t13-/m0/s1. The van der Waals surface area contributed by atoms with Gasteiger partial charge in [0.25, 0.3) is 0 Å². The Labute approximate surface area is 115 Å². The fraction of sp³-hybridized carbons (Fsp3) is 0.688. The van der Waals surface area contributed by atoms with Crippen molar-refractivity contribution in [3.8, 4) is 0 Å². The molecule has 1 aliphatic rings. The fourth-order valence-corrected chi connectivity index (χ4v) is 2.94. The number of nitrogens with one attached hydrogen (secondary N) is 1. The second-order valence-electron chi connectivity index (χ2n) is 7.00. The molecule has 0 saturated carbocycles. The van der Waals surface area contributed by atoms with E-state index < -0.39 is 0 Å². The van der Waals surface area contributed by atoms with Crippen LogP contribution in [0.3, 0.4) is 0 Å². The Hall–Kier alpha value is -1.25. The van der Waals surface area contributed by atoms with Gasteiger partial charge in [-0.05, 0) is 30.7 Å². The van der Waals surface area contributed by atoms with Gasteiger partial charge in [-0.3, -0.25) is 4.79 Å². The average molecular weight is 263 g/mol. The van der Waals surface area contributed by atoms with Crippen LogP contribution in [0.25, 0.3) is 0 Å². The molecule has 1 aromatic rings. The van der Waals surface area contributed by atoms with Gasteiger partial charge in [0, 0.05) is 18.4 Å². The first kappa shape index (κ1) is 14.2. The maximum Gasteiger partial charge on any atom is 0.220 e. The monoisotopic (exact) mass is 263 g/mol. The van der Waals surface area contributed by atoms with Crippen molar-refractivity contribution >= 4 is 5.91 Å². The molecule has 0 aliphatic heterocycles. The predicted octanol–water partition coefficient (Wildman–Crippen LogP) is 3.76. The van der Waals surface area contributed by atoms with Crippen LogP contribution in [-0.4, -0.2) is 5.91 Å². The topological polar surface area (TPSA) is 42.2 Å². The minimum Gasteiger partial charge on any atom is -0.466 e. The molecule has 3 heteroatoms. The van der Waals surface area contributed by atoms with Crippen molar-refractivity contribution < 1.29 is 9.21 Å². The van der Waals surface area contributed by atoms with E-state index in [-0.39, 0.29) is 17.4 Å². The first-order chi connectivity index (χ1) is 8.77. The molecule has 0 fully saturated rings. The van der Waals surface area contributed by atoms with E-state index in [0.29, 0.717) is 12.3 Å². The Morgan fingerprint density at radius 1 is 1.53 bits per heavy atom. The summed E-state index contributed by atoms with van der Waals surface area (Å²) in [6.45, 7) is 10.6. The summed E-state index contributed by atoms with van der Waals surface area (Å²) in [5, 5.41) is 3.18. The number of hydrogen-bond acceptors (Lipinski definition) is 2. The minimum atomic E-state index is 0.0995. The van der Waals surface area contributed by atoms with E-state index in [9.17, 15) is 4.79 Å². The van der Waals surface area contributed by atoms with Gasteiger partial charge in [0.05, 0.1) is 6.04 Å². The van der Waals surface area contributed by atoms with Gasteiger partial charge in [0.2, 0.25) is 5.91 Å². The summed E-state index contributed by atoms with van der Waals surface area (Å²) in [5.74, 6) is 2.51. The lowest BCUT2D eigenvalue weighted by atomic mass is 9.74. The van der Waals surface area contributed by atoms with Gasteiger partial charge in [-0.1, -0.05) is 27.7 Å². The van der Waals surface area contributed by atoms with Gasteiger partial charge in [-0.15, -0.1) is 0 Å². The van der Waals surface area contributed by atoms with Crippen LogP contribution in [0.4, 0.5) is 0 Å². The van der Waals surface area contributed by atoms with Gasteiger partial charge in [0.1, 0.15) is 11.5 Å². The van der Waals surface area contributed by atoms with E-state index in [1.54, 1.807) is 0 Å². The smallest absolute Gasteiger partial charge is 0.220 e. The van der Waals surface area contributed by atoms with Crippen molar-refractivity contribution in [2.24, 2.45) is 11.3 Å². The van der Waals surface area contributed by atoms with E-state index in [4.69, 9.17) is 4.42 Å². The highest BCUT2D eigenvalue weighted by Crippen LogP contribution is 2.42. The zero-order chi connectivity index (χ0) is 14.2. The van der Waals surface area contributed by atoms with Crippen molar-refractivity contribution in [2.75, 3.05) is 0 Å². The third-order valence-electron chi connectivity index (χ3n) is 3.67. The predicted molar refractivity (Wildman–Crippen MR) is 75.9 cm³/mol. The van der Waals surface area contributed by atoms with Crippen molar-refractivity contribution in [1.29, 1.82) is 0 Å². The molecule has 0 unspecified atom stereocenters. The second-order valence-corrected chi connectivity index (χ2v) is 7.00. The van der Waals surface area contributed by atoms with E-state index in [1.807, 2.05) is 6.92 Å². The Morgan fingerprint density at radius 2 is 2.21 bits per heavy atom. The number of hydrogen-bond donors (Lipinski definition) is 1. The minimum absolute atomic E-state index is 0.0995. The highest BCUT2D eigenvalue weighted by molar-refractivity contribution is 5.76. The van der Waals surface area contributed by atoms with Crippen molar-refractivity contribution in [3.63, 3.8) is 0 Å². The molecule has 0 saturated heterocycles. The van der Waals surface area contributed by atoms with E-state index in [0.717, 1.165) is 24.4 Å². The van der Waals surface area contributed by atoms with Crippen LogP contribution in [0.1, 0.15) is 63.7 Å². The van der Waals surface area contributed by atoms with E-state index in [1.165, 1.54) is 5.56 Å². The summed E-state index contributed by atoms with van der Waals surface area (Å²) in [5.41, 5.74) is 1.35. The number of fused-ring (bicyclic) bond motifs is 1. The van der Waals surface area contributed by atoms with Crippen LogP contribution in [0.15, 0.2) is 10.5 Å². The lowest BCUT2D eigenvalue weighted by molar-refractivity contribution is -0.122. The molecular weight excluding hydrogens is 238 g/mol. The number of furan rings is 1. The molecule has 1 heterocycles. The molecule has 0 bridgehead atoms. The average Bonchev–Trinajstić information content (AvgIpc) is 2.55. The third-order valence-corrected chi connectivity index (χ3v) is 3.67. The van der Waals surface area contributed by atoms with Crippen LogP contribution in [0.2, 0.25) is 0 Å². The quantitative estimate of drug-likeness (QED) is 0.902. The third kappa shape index (κ3) is 3.40. The van der Waals surface area contributed by atoms with Crippen LogP contribution in [0.5, 0.6) is 0 Å². The Balaban J connectivity index is 2.18. The van der Waals surface area contributed by atoms with Gasteiger partial charge < -0.3 is 9.73 Å². The van der Waals surface area contributed by atoms with E-state index in [2.05, 4.69) is 39.1 Å². The van der Waals surface area contributed by atoms with E-state index >= 15 is 0 Å². The molecule has 1 atom stereocenters. The van der Waals surface area contributed by atoms with Crippen molar-refractivity contribution in [1.82, 2.24) is 5.32 Å². The lowest BCUT2D eigenvalue weighted by Crippen LogP contribution is -2.36. The summed E-state index contributed by atoms with van der Waals surface area (Å²) in [6.07, 6.45) is 2.51. The first-order valence-electron chi connectivity index (χ1n) is 7.15. The molecule has 2 rings (SSSR count). The van der Waals surface area contributed by atoms with Crippen LogP contribution < -0.4 is 5.32 Å². The normalized spacial score (nSPS) is 21.3. The molecule has 106 valence electrons. The summed E-state index contributed by atoms with van der Waals surface area (Å²) in [7, 11) is 0. The largest absolute Gasteiger partial charge is 0.466 e. The second kappa shape index (κ2) is 5.03. The number of amides is 1. The molecule has 0 aromatic carbocycles. The van der Waals surface area contributed by atoms with Gasteiger partial charge in [-0.2, -0.15) is 0 Å². The molecule has 0 spiro atoms. The molecule has 0 radical (unpaired) electrons. The number of aryl methyl sites for hydroxylation is 1. The highest BCUT2D eigenvalue weighted by atomic mass is 16.3. The molecule has 1 aromatic heterocycles. The van der Waals surface area contributed by atoms with Crippen molar-refractivity contribution in [3.05, 3.63) is 23.2 Å². The number of carbonyl (C=O) groups excluding carboxylic acids is 1. The lowest BCUT2D eigenvalue weighted by Gasteiger charge is -2.34. The Kier molecular flexibility index (Phi) is 3.75. The Bertz CT molecular complexity index is 471. The summed E-state index contributed by atoms with van der Waals surface area (Å²) < 4.78 is 5.78. The molecule has 19 heavy (non-hydrogen) atoms. The summed E-state index contributed by atoms with van der Waals surface area (Å²) in [6, 6.07) is 2.17. The van der Waals surface area contributed by atoms with Crippen LogP contribution >= 0.6 is 0 Å². The number of rotatable bonds is 3. The van der Waals surface area contributed by atoms with Crippen LogP contribution in [-0.2, 0) is 11.2 Å². The van der Waals surface area contributed by atoms with Gasteiger partial charge in [-0.25, -0.2) is 0 Å². The molecular formula is C16H25NO2. The fourth-order valence-electron chi connectivity index (χ4n) is 2.94. The molecule has 1 aliphatic carbocycles. The maximum absolute atomic E-state index is 12.0. The maximum atomic E-state index is 12.0. The molecule has 3 nitrogen and oxygen atoms in total. The summed E-state index contributed by atoms with van der Waals surface area (Å²) in [4.78, 5) is 12.0. The zero-order valence-corrected chi connectivity index (χ0v) is 12.7. The SMILES string of the molecule is Cc1cc2c(o1)CC(C)(C)C[C@@H]2NC(=O)CC(C)C. The number of carbonyl (C=O) groups is 1. The van der Waals surface area contributed by atoms with Gasteiger partial charge >= 0.3 is 0 Å². The molecule has 1 amide bonds. The summed E-state index contributed by atoms with van der Waals surface area (Å²) >= 11 is 0. The first-order valence-corrected chi connectivity index (χ1v) is 7.15. The van der Waals surface area contributed by atoms with Crippen LogP contribution in [0, 0.1) is 18.3 Å². The van der Waals surface area contributed by atoms with Crippen molar-refractivity contribution in [2.45, 2.75) is 59.9 Å². The molecule has 1 N–H and O–H groups in total. The highest BCUT2D eigenvalue weighted by Gasteiger charge is 2.35. The zero-order valence-electron chi connectivity index (χ0n) is 12.7. The van der Waals surface area contributed by atoms with Gasteiger partial charge in [0.15, 0.2) is 0 Å².